The molecule has 0 fully saturated rings. The summed E-state index contributed by atoms with van der Waals surface area (Å²) in [5.74, 6) is 1.38. The highest BCUT2D eigenvalue weighted by atomic mass is 35.5. The lowest BCUT2D eigenvalue weighted by Crippen LogP contribution is -2.09. The Morgan fingerprint density at radius 1 is 0.862 bits per heavy atom. The van der Waals surface area contributed by atoms with E-state index in [-0.39, 0.29) is 4.90 Å². The van der Waals surface area contributed by atoms with E-state index >= 15 is 0 Å². The Morgan fingerprint density at radius 3 is 2.10 bits per heavy atom. The number of ether oxygens (including phenoxy) is 1. The van der Waals surface area contributed by atoms with Gasteiger partial charge in [-0.15, -0.1) is 0 Å². The predicted octanol–water partition coefficient (Wildman–Crippen LogP) is 6.55. The molecule has 0 saturated heterocycles. The van der Waals surface area contributed by atoms with Crippen molar-refractivity contribution in [3.63, 3.8) is 0 Å². The van der Waals surface area contributed by atoms with Crippen molar-refractivity contribution in [1.82, 2.24) is 0 Å². The number of allylic oxidation sites excluding steroid dienone is 1. The normalized spacial score (nSPS) is 13.8. The lowest BCUT2D eigenvalue weighted by molar-refractivity contribution is 0.502. The zero-order valence-corrected chi connectivity index (χ0v) is 18.3. The maximum atomic E-state index is 11.8. The van der Waals surface area contributed by atoms with Gasteiger partial charge in [0.05, 0.1) is 20.0 Å². The second-order valence-electron chi connectivity index (χ2n) is 6.74. The van der Waals surface area contributed by atoms with E-state index in [0.29, 0.717) is 27.2 Å². The molecule has 0 aliphatic carbocycles. The molecule has 0 atom stereocenters. The van der Waals surface area contributed by atoms with Gasteiger partial charge in [-0.2, -0.15) is 0 Å². The predicted molar refractivity (Wildman–Crippen MR) is 119 cm³/mol. The van der Waals surface area contributed by atoms with Crippen LogP contribution in [-0.2, 0) is 16.3 Å². The summed E-state index contributed by atoms with van der Waals surface area (Å²) < 4.78 is 29.8. The van der Waals surface area contributed by atoms with Crippen LogP contribution >= 0.6 is 34.8 Å². The van der Waals surface area contributed by atoms with Gasteiger partial charge in [0.2, 0.25) is 0 Å². The molecule has 148 valence electrons. The van der Waals surface area contributed by atoms with Crippen LogP contribution in [0.3, 0.4) is 0 Å². The highest BCUT2D eigenvalue weighted by Crippen LogP contribution is 2.42. The molecule has 0 radical (unpaired) electrons. The topological polar surface area (TPSA) is 43.4 Å². The van der Waals surface area contributed by atoms with E-state index < -0.39 is 9.84 Å². The summed E-state index contributed by atoms with van der Waals surface area (Å²) in [6, 6.07) is 17.9. The molecular weight excluding hydrogens is 451 g/mol. The van der Waals surface area contributed by atoms with Gasteiger partial charge in [-0.25, -0.2) is 8.42 Å². The molecule has 0 aromatic heterocycles. The second kappa shape index (κ2) is 7.69. The Hall–Kier alpha value is -1.98. The smallest absolute Gasteiger partial charge is 0.175 e. The summed E-state index contributed by atoms with van der Waals surface area (Å²) >= 11 is 18.6. The van der Waals surface area contributed by atoms with Gasteiger partial charge in [0.25, 0.3) is 0 Å². The van der Waals surface area contributed by atoms with Crippen LogP contribution < -0.4 is 4.74 Å². The standard InChI is InChI=1S/C22H15Cl3O3S/c1-29(26,27)16-8-6-13(7-9-16)22-17(10-14-4-2-3-5-20(14)28-22)15-11-18(23)21(25)19(24)12-15/h2-9,11-12H,10H2,1H3. The molecule has 3 aromatic rings. The highest BCUT2D eigenvalue weighted by Gasteiger charge is 2.23. The Bertz CT molecular complexity index is 1220. The molecule has 0 bridgehead atoms. The van der Waals surface area contributed by atoms with Gasteiger partial charge in [-0.3, -0.25) is 0 Å². The summed E-state index contributed by atoms with van der Waals surface area (Å²) in [4.78, 5) is 0.247. The van der Waals surface area contributed by atoms with E-state index in [2.05, 4.69) is 0 Å². The molecule has 1 aliphatic heterocycles. The highest BCUT2D eigenvalue weighted by molar-refractivity contribution is 7.90. The third kappa shape index (κ3) is 4.03. The molecule has 4 rings (SSSR count). The van der Waals surface area contributed by atoms with Crippen molar-refractivity contribution in [3.8, 4) is 5.75 Å². The Kier molecular flexibility index (Phi) is 5.38. The lowest BCUT2D eigenvalue weighted by Gasteiger charge is -2.24. The number of para-hydroxylation sites is 1. The van der Waals surface area contributed by atoms with E-state index in [1.807, 2.05) is 24.3 Å². The molecule has 7 heteroatoms. The molecule has 0 amide bonds. The first kappa shape index (κ1) is 20.3. The number of hydrogen-bond donors (Lipinski definition) is 0. The van der Waals surface area contributed by atoms with E-state index in [1.54, 1.807) is 36.4 Å². The number of benzene rings is 3. The van der Waals surface area contributed by atoms with E-state index in [4.69, 9.17) is 39.5 Å². The summed E-state index contributed by atoms with van der Waals surface area (Å²) in [6.45, 7) is 0. The van der Waals surface area contributed by atoms with Gasteiger partial charge in [-0.05, 0) is 53.6 Å². The summed E-state index contributed by atoms with van der Waals surface area (Å²) in [5.41, 5.74) is 3.46. The van der Waals surface area contributed by atoms with Crippen LogP contribution in [0.1, 0.15) is 16.7 Å². The Labute approximate surface area is 184 Å². The average Bonchev–Trinajstić information content (AvgIpc) is 2.70. The van der Waals surface area contributed by atoms with Crippen molar-refractivity contribution in [3.05, 3.63) is 92.4 Å². The van der Waals surface area contributed by atoms with Crippen LogP contribution in [-0.4, -0.2) is 14.7 Å². The van der Waals surface area contributed by atoms with Gasteiger partial charge in [-0.1, -0.05) is 53.0 Å². The number of fused-ring (bicyclic) bond motifs is 1. The fourth-order valence-corrected chi connectivity index (χ4v) is 4.47. The largest absolute Gasteiger partial charge is 0.456 e. The maximum absolute atomic E-state index is 11.8. The quantitative estimate of drug-likeness (QED) is 0.412. The molecule has 0 unspecified atom stereocenters. The zero-order chi connectivity index (χ0) is 20.8. The van der Waals surface area contributed by atoms with Crippen LogP contribution in [0, 0.1) is 0 Å². The van der Waals surface area contributed by atoms with E-state index in [9.17, 15) is 8.42 Å². The molecule has 3 nitrogen and oxygen atoms in total. The minimum atomic E-state index is -3.29. The molecule has 0 saturated carbocycles. The lowest BCUT2D eigenvalue weighted by atomic mass is 9.92. The van der Waals surface area contributed by atoms with Crippen molar-refractivity contribution in [2.75, 3.05) is 6.26 Å². The summed E-state index contributed by atoms with van der Waals surface area (Å²) in [5, 5.41) is 1.01. The Balaban J connectivity index is 1.90. The number of sulfone groups is 1. The monoisotopic (exact) mass is 464 g/mol. The fraction of sp³-hybridized carbons (Fsp3) is 0.0909. The number of hydrogen-bond acceptors (Lipinski definition) is 3. The minimum Gasteiger partial charge on any atom is -0.456 e. The van der Waals surface area contributed by atoms with Crippen molar-refractivity contribution >= 4 is 56.0 Å². The first-order valence-corrected chi connectivity index (χ1v) is 11.7. The Morgan fingerprint density at radius 2 is 1.48 bits per heavy atom. The van der Waals surface area contributed by atoms with Gasteiger partial charge in [0.1, 0.15) is 11.5 Å². The van der Waals surface area contributed by atoms with Crippen molar-refractivity contribution < 1.29 is 13.2 Å². The molecule has 1 heterocycles. The second-order valence-corrected chi connectivity index (χ2v) is 9.95. The van der Waals surface area contributed by atoms with Crippen LogP contribution in [0.2, 0.25) is 15.1 Å². The first-order valence-electron chi connectivity index (χ1n) is 8.68. The van der Waals surface area contributed by atoms with E-state index in [1.165, 1.54) is 6.26 Å². The number of halogens is 3. The van der Waals surface area contributed by atoms with Crippen LogP contribution in [0.15, 0.2) is 65.6 Å². The summed E-state index contributed by atoms with van der Waals surface area (Å²) in [6.07, 6.45) is 1.78. The van der Waals surface area contributed by atoms with Crippen LogP contribution in [0.25, 0.3) is 11.3 Å². The molecule has 0 N–H and O–H groups in total. The van der Waals surface area contributed by atoms with Gasteiger partial charge in [0, 0.05) is 23.8 Å². The summed E-state index contributed by atoms with van der Waals surface area (Å²) in [7, 11) is -3.29. The first-order chi connectivity index (χ1) is 13.7. The minimum absolute atomic E-state index is 0.247. The maximum Gasteiger partial charge on any atom is 0.175 e. The SMILES string of the molecule is CS(=O)(=O)c1ccc(C2=C(c3cc(Cl)c(Cl)c(Cl)c3)Cc3ccccc3O2)cc1. The average molecular weight is 466 g/mol. The molecule has 29 heavy (non-hydrogen) atoms. The van der Waals surface area contributed by atoms with Gasteiger partial charge in [0.15, 0.2) is 9.84 Å². The molecule has 1 aliphatic rings. The van der Waals surface area contributed by atoms with Crippen molar-refractivity contribution in [1.29, 1.82) is 0 Å². The molecule has 3 aromatic carbocycles. The van der Waals surface area contributed by atoms with Gasteiger partial charge >= 0.3 is 0 Å². The van der Waals surface area contributed by atoms with Crippen LogP contribution in [0.5, 0.6) is 5.75 Å². The van der Waals surface area contributed by atoms with Crippen molar-refractivity contribution in [2.24, 2.45) is 0 Å². The van der Waals surface area contributed by atoms with Crippen LogP contribution in [0.4, 0.5) is 0 Å². The molecule has 0 spiro atoms. The van der Waals surface area contributed by atoms with Gasteiger partial charge < -0.3 is 4.74 Å². The van der Waals surface area contributed by atoms with E-state index in [0.717, 1.165) is 28.0 Å². The third-order valence-corrected chi connectivity index (χ3v) is 7.03. The third-order valence-electron chi connectivity index (χ3n) is 4.70. The zero-order valence-electron chi connectivity index (χ0n) is 15.2. The molecular formula is C22H15Cl3O3S. The van der Waals surface area contributed by atoms with Crippen molar-refractivity contribution in [2.45, 2.75) is 11.3 Å². The number of rotatable bonds is 3. The fourth-order valence-electron chi connectivity index (χ4n) is 3.24.